The Bertz CT molecular complexity index is 254. The predicted octanol–water partition coefficient (Wildman–Crippen LogP) is 3.11. The molecule has 0 saturated carbocycles. The van der Waals surface area contributed by atoms with Gasteiger partial charge in [-0.2, -0.15) is 0 Å². The van der Waals surface area contributed by atoms with Gasteiger partial charge in [0.05, 0.1) is 0 Å². The fourth-order valence-electron chi connectivity index (χ4n) is 0.782. The Morgan fingerprint density at radius 1 is 1.08 bits per heavy atom. The van der Waals surface area contributed by atoms with E-state index in [1.807, 2.05) is 0 Å². The highest BCUT2D eigenvalue weighted by atomic mass is 31.1. The minimum Gasteiger partial charge on any atom is -0.0723 e. The van der Waals surface area contributed by atoms with E-state index in [0.29, 0.717) is 5.41 Å². The minimum atomic E-state index is 0.317. The summed E-state index contributed by atoms with van der Waals surface area (Å²) in [6.07, 6.45) is 0. The first-order valence-corrected chi connectivity index (χ1v) is 5.14. The van der Waals surface area contributed by atoms with Gasteiger partial charge in [0.2, 0.25) is 0 Å². The van der Waals surface area contributed by atoms with Gasteiger partial charge in [0, 0.05) is 5.30 Å². The van der Waals surface area contributed by atoms with Crippen molar-refractivity contribution in [2.24, 2.45) is 5.41 Å². The number of hydrogen-bond donors (Lipinski definition) is 0. The first-order valence-electron chi connectivity index (χ1n) is 4.18. The Morgan fingerprint density at radius 2 is 1.67 bits per heavy atom. The molecule has 1 aromatic rings. The molecule has 64 valence electrons. The summed E-state index contributed by atoms with van der Waals surface area (Å²) in [5.41, 5.74) is 0.317. The molecule has 0 radical (unpaired) electrons. The molecule has 1 rings (SSSR count). The number of rotatable bonds is 1. The van der Waals surface area contributed by atoms with Crippen LogP contribution in [0.5, 0.6) is 0 Å². The monoisotopic (exact) mass is 178 g/mol. The summed E-state index contributed by atoms with van der Waals surface area (Å²) >= 11 is 0. The van der Waals surface area contributed by atoms with Crippen LogP contribution >= 0.6 is 8.20 Å². The van der Waals surface area contributed by atoms with Gasteiger partial charge in [-0.3, -0.25) is 0 Å². The van der Waals surface area contributed by atoms with Crippen molar-refractivity contribution in [3.8, 4) is 0 Å². The maximum atomic E-state index is 2.32. The highest BCUT2D eigenvalue weighted by Gasteiger charge is 2.03. The van der Waals surface area contributed by atoms with Gasteiger partial charge in [-0.1, -0.05) is 65.1 Å². The van der Waals surface area contributed by atoms with Gasteiger partial charge in [-0.05, 0) is 5.41 Å². The maximum absolute atomic E-state index is 2.32. The molecular weight excluding hydrogens is 163 g/mol. The third-order valence-electron chi connectivity index (χ3n) is 1.36. The van der Waals surface area contributed by atoms with Gasteiger partial charge in [0.25, 0.3) is 0 Å². The van der Waals surface area contributed by atoms with Gasteiger partial charge in [0.15, 0.2) is 0 Å². The molecule has 0 nitrogen and oxygen atoms in total. The van der Waals surface area contributed by atoms with E-state index in [1.54, 1.807) is 0 Å². The fraction of sp³-hybridized carbons (Fsp3) is 0.364. The van der Waals surface area contributed by atoms with Crippen molar-refractivity contribution in [3.05, 3.63) is 30.3 Å². The Balaban J connectivity index is 2.71. The molecule has 0 heterocycles. The Morgan fingerprint density at radius 3 is 2.17 bits per heavy atom. The van der Waals surface area contributed by atoms with E-state index in [2.05, 4.69) is 56.9 Å². The zero-order valence-corrected chi connectivity index (χ0v) is 8.81. The largest absolute Gasteiger partial charge is 0.0723 e. The molecule has 0 bridgehead atoms. The second kappa shape index (κ2) is 3.87. The second-order valence-electron chi connectivity index (χ2n) is 3.96. The molecule has 0 aliphatic heterocycles. The second-order valence-corrected chi connectivity index (χ2v) is 4.99. The van der Waals surface area contributed by atoms with E-state index < -0.39 is 0 Å². The van der Waals surface area contributed by atoms with Crippen molar-refractivity contribution in [1.29, 1.82) is 0 Å². The molecule has 1 heteroatoms. The normalized spacial score (nSPS) is 12.2. The van der Waals surface area contributed by atoms with E-state index in [1.165, 1.54) is 13.5 Å². The zero-order valence-electron chi connectivity index (χ0n) is 7.91. The summed E-state index contributed by atoms with van der Waals surface area (Å²) in [5, 5.41) is 1.37. The third kappa shape index (κ3) is 3.69. The summed E-state index contributed by atoms with van der Waals surface area (Å²) in [6, 6.07) is 10.5. The lowest BCUT2D eigenvalue weighted by atomic mass is 10.0. The topological polar surface area (TPSA) is 0 Å². The minimum absolute atomic E-state index is 0.317. The van der Waals surface area contributed by atoms with E-state index >= 15 is 0 Å². The highest BCUT2D eigenvalue weighted by molar-refractivity contribution is 7.47. The summed E-state index contributed by atoms with van der Waals surface area (Å²) in [7, 11) is 1.32. The Labute approximate surface area is 76.4 Å². The molecule has 0 spiro atoms. The summed E-state index contributed by atoms with van der Waals surface area (Å²) in [4.78, 5) is 0. The maximum Gasteiger partial charge on any atom is 0.00148 e. The zero-order chi connectivity index (χ0) is 9.03. The van der Waals surface area contributed by atoms with Gasteiger partial charge in [-0.15, -0.1) is 0 Å². The van der Waals surface area contributed by atoms with Crippen LogP contribution in [0.15, 0.2) is 30.3 Å². The molecule has 1 aromatic carbocycles. The van der Waals surface area contributed by atoms with Crippen LogP contribution in [0.1, 0.15) is 20.8 Å². The lowest BCUT2D eigenvalue weighted by Gasteiger charge is -2.10. The van der Waals surface area contributed by atoms with E-state index in [9.17, 15) is 0 Å². The third-order valence-corrected chi connectivity index (χ3v) is 2.86. The highest BCUT2D eigenvalue weighted by Crippen LogP contribution is 2.12. The van der Waals surface area contributed by atoms with Crippen molar-refractivity contribution in [2.45, 2.75) is 20.8 Å². The fourth-order valence-corrected chi connectivity index (χ4v) is 1.66. The standard InChI is InChI=1S/C11H15P/c1-11(2,3)9-12-10-7-5-4-6-8-10/h4-9H,1-3H3. The van der Waals surface area contributed by atoms with Gasteiger partial charge >= 0.3 is 0 Å². The van der Waals surface area contributed by atoms with Crippen LogP contribution in [-0.2, 0) is 0 Å². The molecule has 0 aliphatic carbocycles. The molecule has 12 heavy (non-hydrogen) atoms. The molecule has 0 N–H and O–H groups in total. The van der Waals surface area contributed by atoms with Crippen LogP contribution in [0.3, 0.4) is 0 Å². The molecular formula is C11H15P. The van der Waals surface area contributed by atoms with Crippen molar-refractivity contribution in [2.75, 3.05) is 0 Å². The lowest BCUT2D eigenvalue weighted by Crippen LogP contribution is -2.05. The van der Waals surface area contributed by atoms with Crippen LogP contribution < -0.4 is 5.30 Å². The molecule has 0 amide bonds. The molecule has 0 unspecified atom stereocenters. The molecule has 0 aliphatic rings. The van der Waals surface area contributed by atoms with Crippen molar-refractivity contribution in [3.63, 3.8) is 0 Å². The van der Waals surface area contributed by atoms with Gasteiger partial charge < -0.3 is 0 Å². The lowest BCUT2D eigenvalue weighted by molar-refractivity contribution is 0.615. The predicted molar refractivity (Wildman–Crippen MR) is 58.5 cm³/mol. The summed E-state index contributed by atoms with van der Waals surface area (Å²) in [6.45, 7) is 6.68. The average molecular weight is 178 g/mol. The molecule has 0 saturated heterocycles. The first-order chi connectivity index (χ1) is 5.58. The van der Waals surface area contributed by atoms with E-state index in [-0.39, 0.29) is 0 Å². The molecule has 0 fully saturated rings. The molecule has 0 aromatic heterocycles. The summed E-state index contributed by atoms with van der Waals surface area (Å²) < 4.78 is 0. The van der Waals surface area contributed by atoms with E-state index in [0.717, 1.165) is 0 Å². The smallest absolute Gasteiger partial charge is 0.00148 e. The SMILES string of the molecule is CC(C)(C)C=Pc1ccccc1. The molecule has 0 atom stereocenters. The van der Waals surface area contributed by atoms with Crippen LogP contribution in [0.2, 0.25) is 0 Å². The Kier molecular flexibility index (Phi) is 3.05. The van der Waals surface area contributed by atoms with Crippen molar-refractivity contribution >= 4 is 19.3 Å². The average Bonchev–Trinajstić information content (AvgIpc) is 2.02. The van der Waals surface area contributed by atoms with Crippen LogP contribution in [0, 0.1) is 5.41 Å². The number of benzene rings is 1. The summed E-state index contributed by atoms with van der Waals surface area (Å²) in [5.74, 6) is 2.32. The van der Waals surface area contributed by atoms with Crippen LogP contribution in [-0.4, -0.2) is 5.80 Å². The first kappa shape index (κ1) is 9.48. The van der Waals surface area contributed by atoms with Gasteiger partial charge in [0.1, 0.15) is 0 Å². The van der Waals surface area contributed by atoms with Crippen LogP contribution in [0.4, 0.5) is 0 Å². The van der Waals surface area contributed by atoms with Crippen LogP contribution in [0.25, 0.3) is 0 Å². The van der Waals surface area contributed by atoms with Gasteiger partial charge in [-0.25, -0.2) is 0 Å². The van der Waals surface area contributed by atoms with E-state index in [4.69, 9.17) is 0 Å². The number of hydrogen-bond acceptors (Lipinski definition) is 0. The van der Waals surface area contributed by atoms with Crippen molar-refractivity contribution in [1.82, 2.24) is 0 Å². The Hall–Kier alpha value is -0.610. The van der Waals surface area contributed by atoms with Crippen molar-refractivity contribution < 1.29 is 0 Å². The quantitative estimate of drug-likeness (QED) is 0.579.